The fraction of sp³-hybridized carbons (Fsp3) is 0.294. The number of hydrogen-bond donors (Lipinski definition) is 0. The van der Waals surface area contributed by atoms with Crippen LogP contribution in [0.1, 0.15) is 12.5 Å². The van der Waals surface area contributed by atoms with Crippen LogP contribution in [-0.2, 0) is 18.4 Å². The monoisotopic (exact) mass is 313 g/mol. The van der Waals surface area contributed by atoms with Gasteiger partial charge in [0.25, 0.3) is 0 Å². The van der Waals surface area contributed by atoms with Crippen molar-refractivity contribution in [2.24, 2.45) is 7.05 Å². The fourth-order valence-electron chi connectivity index (χ4n) is 2.18. The van der Waals surface area contributed by atoms with Crippen LogP contribution in [0, 0.1) is 11.8 Å². The van der Waals surface area contributed by atoms with E-state index in [1.54, 1.807) is 50.2 Å². The van der Waals surface area contributed by atoms with E-state index >= 15 is 0 Å². The van der Waals surface area contributed by atoms with E-state index in [9.17, 15) is 4.79 Å². The average Bonchev–Trinajstić information content (AvgIpc) is 2.98. The minimum atomic E-state index is -0.301. The molecule has 2 rings (SSSR count). The fourth-order valence-corrected chi connectivity index (χ4v) is 2.18. The van der Waals surface area contributed by atoms with E-state index in [0.717, 1.165) is 5.56 Å². The van der Waals surface area contributed by atoms with E-state index in [-0.39, 0.29) is 5.91 Å². The van der Waals surface area contributed by atoms with Crippen molar-refractivity contribution in [2.45, 2.75) is 13.5 Å². The molecule has 120 valence electrons. The number of methoxy groups -OCH3 is 2. The van der Waals surface area contributed by atoms with Gasteiger partial charge in [-0.3, -0.25) is 14.4 Å². The molecule has 0 unspecified atom stereocenters. The van der Waals surface area contributed by atoms with Crippen molar-refractivity contribution >= 4 is 11.6 Å². The minimum Gasteiger partial charge on any atom is -0.497 e. The quantitative estimate of drug-likeness (QED) is 0.792. The molecule has 1 aromatic carbocycles. The second kappa shape index (κ2) is 7.36. The molecule has 0 radical (unpaired) electrons. The molecule has 0 saturated carbocycles. The zero-order chi connectivity index (χ0) is 16.8. The molecular weight excluding hydrogens is 294 g/mol. The molecule has 0 spiro atoms. The second-order valence-corrected chi connectivity index (χ2v) is 4.82. The van der Waals surface area contributed by atoms with Crippen LogP contribution in [-0.4, -0.2) is 29.9 Å². The lowest BCUT2D eigenvalue weighted by molar-refractivity contribution is -0.113. The van der Waals surface area contributed by atoms with E-state index < -0.39 is 0 Å². The molecule has 1 amide bonds. The lowest BCUT2D eigenvalue weighted by Gasteiger charge is -2.20. The molecule has 0 bridgehead atoms. The molecular formula is C17H19N3O3. The van der Waals surface area contributed by atoms with Gasteiger partial charge in [0.05, 0.1) is 32.6 Å². The van der Waals surface area contributed by atoms with Crippen LogP contribution in [0.25, 0.3) is 0 Å². The third-order valence-corrected chi connectivity index (χ3v) is 3.30. The summed E-state index contributed by atoms with van der Waals surface area (Å²) in [6.07, 6.45) is 3.39. The molecule has 1 heterocycles. The lowest BCUT2D eigenvalue weighted by atomic mass is 10.1. The van der Waals surface area contributed by atoms with Gasteiger partial charge >= 0.3 is 5.91 Å². The maximum absolute atomic E-state index is 12.4. The van der Waals surface area contributed by atoms with Crippen LogP contribution in [0.5, 0.6) is 11.5 Å². The van der Waals surface area contributed by atoms with Crippen molar-refractivity contribution in [2.75, 3.05) is 19.1 Å². The molecule has 0 N–H and O–H groups in total. The Bertz CT molecular complexity index is 756. The van der Waals surface area contributed by atoms with Crippen LogP contribution >= 0.6 is 0 Å². The number of benzene rings is 1. The number of rotatable bonds is 5. The summed E-state index contributed by atoms with van der Waals surface area (Å²) in [5, 5.41) is 4.12. The Hall–Kier alpha value is -2.94. The molecule has 1 aromatic heterocycles. The van der Waals surface area contributed by atoms with Crippen molar-refractivity contribution in [1.29, 1.82) is 0 Å². The Labute approximate surface area is 135 Å². The van der Waals surface area contributed by atoms with Crippen molar-refractivity contribution < 1.29 is 14.3 Å². The number of carbonyl (C=O) groups is 1. The first-order chi connectivity index (χ1) is 11.1. The van der Waals surface area contributed by atoms with Gasteiger partial charge in [-0.05, 0) is 31.0 Å². The number of ether oxygens (including phenoxy) is 2. The van der Waals surface area contributed by atoms with Gasteiger partial charge in [-0.15, -0.1) is 0 Å². The van der Waals surface area contributed by atoms with Gasteiger partial charge in [-0.1, -0.05) is 5.92 Å². The van der Waals surface area contributed by atoms with Gasteiger partial charge in [0.1, 0.15) is 11.5 Å². The summed E-state index contributed by atoms with van der Waals surface area (Å²) in [6, 6.07) is 5.46. The van der Waals surface area contributed by atoms with E-state index in [1.165, 1.54) is 0 Å². The molecule has 23 heavy (non-hydrogen) atoms. The van der Waals surface area contributed by atoms with Gasteiger partial charge in [0.2, 0.25) is 0 Å². The summed E-state index contributed by atoms with van der Waals surface area (Å²) in [5.41, 5.74) is 1.49. The largest absolute Gasteiger partial charge is 0.497 e. The van der Waals surface area contributed by atoms with Crippen LogP contribution in [0.2, 0.25) is 0 Å². The van der Waals surface area contributed by atoms with Gasteiger partial charge in [-0.25, -0.2) is 0 Å². The standard InChI is InChI=1S/C17H19N3O3/c1-5-6-17(21)20(14-10-18-19(2)12-14)11-13-9-15(22-3)7-8-16(13)23-4/h7-10,12H,11H2,1-4H3. The first kappa shape index (κ1) is 16.4. The molecule has 0 fully saturated rings. The number of carbonyl (C=O) groups excluding carboxylic acids is 1. The molecule has 2 aromatic rings. The molecule has 0 aliphatic rings. The SMILES string of the molecule is CC#CC(=O)N(Cc1cc(OC)ccc1OC)c1cnn(C)c1. The van der Waals surface area contributed by atoms with E-state index in [0.29, 0.717) is 23.7 Å². The van der Waals surface area contributed by atoms with Crippen LogP contribution in [0.4, 0.5) is 5.69 Å². The highest BCUT2D eigenvalue weighted by atomic mass is 16.5. The predicted molar refractivity (Wildman–Crippen MR) is 87.4 cm³/mol. The number of anilines is 1. The Morgan fingerprint density at radius 1 is 1.35 bits per heavy atom. The zero-order valence-corrected chi connectivity index (χ0v) is 13.7. The van der Waals surface area contributed by atoms with Gasteiger partial charge < -0.3 is 9.47 Å². The molecule has 0 aliphatic carbocycles. The van der Waals surface area contributed by atoms with Gasteiger partial charge in [0, 0.05) is 18.8 Å². The van der Waals surface area contributed by atoms with Gasteiger partial charge in [0.15, 0.2) is 0 Å². The Kier molecular flexibility index (Phi) is 5.26. The van der Waals surface area contributed by atoms with Crippen molar-refractivity contribution in [1.82, 2.24) is 9.78 Å². The van der Waals surface area contributed by atoms with E-state index in [4.69, 9.17) is 9.47 Å². The third-order valence-electron chi connectivity index (χ3n) is 3.30. The normalized spacial score (nSPS) is 9.74. The maximum Gasteiger partial charge on any atom is 0.303 e. The van der Waals surface area contributed by atoms with E-state index in [2.05, 4.69) is 16.9 Å². The van der Waals surface area contributed by atoms with Gasteiger partial charge in [-0.2, -0.15) is 5.10 Å². The summed E-state index contributed by atoms with van der Waals surface area (Å²) in [4.78, 5) is 13.9. The Morgan fingerprint density at radius 3 is 2.70 bits per heavy atom. The maximum atomic E-state index is 12.4. The van der Waals surface area contributed by atoms with Crippen LogP contribution in [0.15, 0.2) is 30.6 Å². The third kappa shape index (κ3) is 3.83. The first-order valence-corrected chi connectivity index (χ1v) is 7.02. The zero-order valence-electron chi connectivity index (χ0n) is 13.7. The van der Waals surface area contributed by atoms with E-state index in [1.807, 2.05) is 18.2 Å². The highest BCUT2D eigenvalue weighted by Crippen LogP contribution is 2.27. The number of nitrogens with zero attached hydrogens (tertiary/aromatic N) is 3. The molecule has 0 atom stereocenters. The summed E-state index contributed by atoms with van der Waals surface area (Å²) in [7, 11) is 4.98. The average molecular weight is 313 g/mol. The summed E-state index contributed by atoms with van der Waals surface area (Å²) < 4.78 is 12.3. The van der Waals surface area contributed by atoms with Crippen LogP contribution in [0.3, 0.4) is 0 Å². The smallest absolute Gasteiger partial charge is 0.303 e. The topological polar surface area (TPSA) is 56.6 Å². The number of aromatic nitrogens is 2. The highest BCUT2D eigenvalue weighted by Gasteiger charge is 2.18. The van der Waals surface area contributed by atoms with Crippen molar-refractivity contribution in [3.8, 4) is 23.3 Å². The molecule has 6 heteroatoms. The van der Waals surface area contributed by atoms with Crippen molar-refractivity contribution in [3.05, 3.63) is 36.2 Å². The highest BCUT2D eigenvalue weighted by molar-refractivity contribution is 6.05. The minimum absolute atomic E-state index is 0.301. The predicted octanol–water partition coefficient (Wildman–Crippen LogP) is 1.99. The summed E-state index contributed by atoms with van der Waals surface area (Å²) in [6.45, 7) is 1.94. The van der Waals surface area contributed by atoms with Crippen molar-refractivity contribution in [3.63, 3.8) is 0 Å². The number of hydrogen-bond acceptors (Lipinski definition) is 4. The molecule has 0 saturated heterocycles. The van der Waals surface area contributed by atoms with Crippen LogP contribution < -0.4 is 14.4 Å². The number of aryl methyl sites for hydroxylation is 1. The summed E-state index contributed by atoms with van der Waals surface area (Å²) >= 11 is 0. The second-order valence-electron chi connectivity index (χ2n) is 4.82. The summed E-state index contributed by atoms with van der Waals surface area (Å²) in [5.74, 6) is 6.28. The first-order valence-electron chi connectivity index (χ1n) is 7.02. The molecule has 0 aliphatic heterocycles. The Morgan fingerprint density at radius 2 is 2.13 bits per heavy atom. The molecule has 6 nitrogen and oxygen atoms in total. The lowest BCUT2D eigenvalue weighted by Crippen LogP contribution is -2.29. The number of amides is 1. The Balaban J connectivity index is 2.41.